The number of hydrogen-bond donors (Lipinski definition) is 0. The summed E-state index contributed by atoms with van der Waals surface area (Å²) in [5, 5.41) is 0. The molecule has 0 saturated carbocycles. The molecular weight excluding hydrogens is 227 g/mol. The maximum atomic E-state index is 3.98. The topological polar surface area (TPSA) is 0 Å². The fourth-order valence-electron chi connectivity index (χ4n) is 0.982. The second kappa shape index (κ2) is 3.79. The summed E-state index contributed by atoms with van der Waals surface area (Å²) in [6.07, 6.45) is 0. The van der Waals surface area contributed by atoms with Gasteiger partial charge in [-0.3, -0.25) is 0 Å². The van der Waals surface area contributed by atoms with Crippen molar-refractivity contribution in [2.75, 3.05) is 0 Å². The first kappa shape index (κ1) is 10.5. The van der Waals surface area contributed by atoms with Gasteiger partial charge in [0.15, 0.2) is 0 Å². The quantitative estimate of drug-likeness (QED) is 0.527. The summed E-state index contributed by atoms with van der Waals surface area (Å²) >= 11 is -1.64. The molecule has 0 spiro atoms. The third-order valence-corrected chi connectivity index (χ3v) is 15.6. The molecule has 0 fully saturated rings. The van der Waals surface area contributed by atoms with Crippen molar-refractivity contribution in [3.05, 3.63) is 12.2 Å². The van der Waals surface area contributed by atoms with E-state index >= 15 is 0 Å². The summed E-state index contributed by atoms with van der Waals surface area (Å²) in [6.45, 7) is 10.8. The van der Waals surface area contributed by atoms with Gasteiger partial charge in [-0.2, -0.15) is 0 Å². The van der Waals surface area contributed by atoms with Crippen molar-refractivity contribution in [2.45, 2.75) is 39.0 Å². The Hall–Kier alpha value is 0.539. The average Bonchev–Trinajstić information content (AvgIpc) is 1.60. The van der Waals surface area contributed by atoms with E-state index in [2.05, 4.69) is 37.2 Å². The van der Waals surface area contributed by atoms with Crippen molar-refractivity contribution in [3.8, 4) is 0 Å². The van der Waals surface area contributed by atoms with Gasteiger partial charge in [0, 0.05) is 0 Å². The monoisotopic (exact) mass is 248 g/mol. The molecule has 0 heterocycles. The molecular formula is C9H20Sn. The van der Waals surface area contributed by atoms with Gasteiger partial charge in [-0.05, 0) is 0 Å². The first-order chi connectivity index (χ1) is 4.36. The molecule has 1 heteroatoms. The summed E-state index contributed by atoms with van der Waals surface area (Å²) in [4.78, 5) is 5.02. The van der Waals surface area contributed by atoms with Crippen molar-refractivity contribution < 1.29 is 0 Å². The number of rotatable bonds is 3. The van der Waals surface area contributed by atoms with Crippen LogP contribution in [0.3, 0.4) is 0 Å². The third-order valence-electron chi connectivity index (χ3n) is 2.32. The van der Waals surface area contributed by atoms with Gasteiger partial charge in [0.2, 0.25) is 0 Å². The predicted molar refractivity (Wildman–Crippen MR) is 52.2 cm³/mol. The fourth-order valence-corrected chi connectivity index (χ4v) is 6.59. The van der Waals surface area contributed by atoms with Gasteiger partial charge in [0.1, 0.15) is 0 Å². The first-order valence-electron chi connectivity index (χ1n) is 4.00. The number of allylic oxidation sites excluding steroid dienone is 1. The van der Waals surface area contributed by atoms with Crippen molar-refractivity contribution in [2.24, 2.45) is 0 Å². The average molecular weight is 247 g/mol. The molecule has 0 aliphatic heterocycles. The van der Waals surface area contributed by atoms with Crippen LogP contribution in [0.25, 0.3) is 0 Å². The van der Waals surface area contributed by atoms with E-state index in [0.29, 0.717) is 0 Å². The Bertz CT molecular complexity index is 123. The van der Waals surface area contributed by atoms with Crippen molar-refractivity contribution in [1.29, 1.82) is 0 Å². The summed E-state index contributed by atoms with van der Waals surface area (Å²) in [5.41, 5.74) is 1.38. The van der Waals surface area contributed by atoms with E-state index in [0.717, 1.165) is 3.93 Å². The Kier molecular flexibility index (Phi) is 4.00. The molecule has 0 rings (SSSR count). The Balaban J connectivity index is 3.99. The van der Waals surface area contributed by atoms with Crippen molar-refractivity contribution >= 4 is 18.4 Å². The standard InChI is InChI=1S/C4H7.C3H7.2CH3.Sn/c1-4(2)3;1-3-2;;;/h1-2H2,3H3;3H,1-2H3;2*1H3;. The Morgan fingerprint density at radius 1 is 1.40 bits per heavy atom. The van der Waals surface area contributed by atoms with Crippen molar-refractivity contribution in [1.82, 2.24) is 0 Å². The Morgan fingerprint density at radius 3 is 1.90 bits per heavy atom. The molecule has 60 valence electrons. The summed E-state index contributed by atoms with van der Waals surface area (Å²) in [5.74, 6) is 0. The molecule has 0 N–H and O–H groups in total. The summed E-state index contributed by atoms with van der Waals surface area (Å²) < 4.78 is 2.30. The second-order valence-electron chi connectivity index (χ2n) is 4.28. The van der Waals surface area contributed by atoms with Gasteiger partial charge in [-0.1, -0.05) is 0 Å². The van der Waals surface area contributed by atoms with Gasteiger partial charge < -0.3 is 0 Å². The van der Waals surface area contributed by atoms with Crippen LogP contribution in [0.4, 0.5) is 0 Å². The van der Waals surface area contributed by atoms with Crippen LogP contribution in [0, 0.1) is 0 Å². The van der Waals surface area contributed by atoms with Crippen LogP contribution >= 0.6 is 0 Å². The van der Waals surface area contributed by atoms with E-state index in [1.165, 1.54) is 10.0 Å². The van der Waals surface area contributed by atoms with Crippen LogP contribution in [0.15, 0.2) is 12.2 Å². The fraction of sp³-hybridized carbons (Fsp3) is 0.778. The van der Waals surface area contributed by atoms with Gasteiger partial charge in [0.25, 0.3) is 0 Å². The van der Waals surface area contributed by atoms with Gasteiger partial charge in [-0.25, -0.2) is 0 Å². The zero-order chi connectivity index (χ0) is 8.36. The molecule has 0 nitrogen and oxygen atoms in total. The van der Waals surface area contributed by atoms with Crippen LogP contribution in [-0.2, 0) is 0 Å². The van der Waals surface area contributed by atoms with E-state index in [9.17, 15) is 0 Å². The van der Waals surface area contributed by atoms with Crippen LogP contribution in [0.5, 0.6) is 0 Å². The molecule has 0 aromatic heterocycles. The molecule has 0 aliphatic carbocycles. The van der Waals surface area contributed by atoms with Crippen LogP contribution < -0.4 is 0 Å². The minimum absolute atomic E-state index is 0.950. The molecule has 0 aromatic rings. The van der Waals surface area contributed by atoms with Gasteiger partial charge >= 0.3 is 69.6 Å². The molecule has 10 heavy (non-hydrogen) atoms. The normalized spacial score (nSPS) is 12.2. The molecule has 0 saturated heterocycles. The van der Waals surface area contributed by atoms with E-state index in [4.69, 9.17) is 0 Å². The van der Waals surface area contributed by atoms with Crippen LogP contribution in [0.1, 0.15) is 20.8 Å². The van der Waals surface area contributed by atoms with Gasteiger partial charge in [-0.15, -0.1) is 0 Å². The molecule has 0 atom stereocenters. The van der Waals surface area contributed by atoms with E-state index in [1.807, 2.05) is 0 Å². The minimum atomic E-state index is -1.64. The first-order valence-corrected chi connectivity index (χ1v) is 13.4. The number of hydrogen-bond acceptors (Lipinski definition) is 0. The Morgan fingerprint density at radius 2 is 1.80 bits per heavy atom. The predicted octanol–water partition coefficient (Wildman–Crippen LogP) is 3.68. The van der Waals surface area contributed by atoms with Crippen molar-refractivity contribution in [3.63, 3.8) is 0 Å². The molecule has 0 amide bonds. The molecule has 0 bridgehead atoms. The molecule has 0 radical (unpaired) electrons. The zero-order valence-electron chi connectivity index (χ0n) is 7.99. The molecule has 0 unspecified atom stereocenters. The van der Waals surface area contributed by atoms with Crippen LogP contribution in [0.2, 0.25) is 18.2 Å². The SMILES string of the molecule is C=C(C)[CH2][Sn]([CH3])([CH3])[CH](C)C. The maximum absolute atomic E-state index is 3.98. The Labute approximate surface area is 69.6 Å². The summed E-state index contributed by atoms with van der Waals surface area (Å²) in [6, 6.07) is 0. The van der Waals surface area contributed by atoms with Crippen LogP contribution in [-0.4, -0.2) is 18.4 Å². The summed E-state index contributed by atoms with van der Waals surface area (Å²) in [7, 11) is 0. The third kappa shape index (κ3) is 3.64. The molecule has 0 aliphatic rings. The van der Waals surface area contributed by atoms with E-state index < -0.39 is 18.4 Å². The molecule has 0 aromatic carbocycles. The van der Waals surface area contributed by atoms with E-state index in [1.54, 1.807) is 0 Å². The zero-order valence-corrected chi connectivity index (χ0v) is 10.8. The van der Waals surface area contributed by atoms with E-state index in [-0.39, 0.29) is 0 Å². The second-order valence-corrected chi connectivity index (χ2v) is 19.9. The van der Waals surface area contributed by atoms with Gasteiger partial charge in [0.05, 0.1) is 0 Å².